The Kier molecular flexibility index (Phi) is 7.23. The van der Waals surface area contributed by atoms with Gasteiger partial charge in [-0.2, -0.15) is 0 Å². The molecule has 0 radical (unpaired) electrons. The summed E-state index contributed by atoms with van der Waals surface area (Å²) in [6.07, 6.45) is 1.18. The largest absolute Gasteiger partial charge is 0.326 e. The molecule has 0 aliphatic rings. The van der Waals surface area contributed by atoms with Gasteiger partial charge in [-0.3, -0.25) is 9.59 Å². The Hall–Kier alpha value is -2.44. The molecule has 3 aromatic rings. The van der Waals surface area contributed by atoms with E-state index in [4.69, 9.17) is 0 Å². The summed E-state index contributed by atoms with van der Waals surface area (Å²) in [6, 6.07) is 13.7. The van der Waals surface area contributed by atoms with Crippen molar-refractivity contribution in [3.63, 3.8) is 0 Å². The molecule has 0 bridgehead atoms. The topological polar surface area (TPSA) is 59.1 Å². The zero-order valence-corrected chi connectivity index (χ0v) is 18.5. The molecular formula is C23H24N2O2S2. The fourth-order valence-electron chi connectivity index (χ4n) is 2.99. The van der Waals surface area contributed by atoms with E-state index in [1.54, 1.807) is 0 Å². The first-order valence-corrected chi connectivity index (χ1v) is 11.4. The number of rotatable bonds is 8. The second-order valence-corrected chi connectivity index (χ2v) is 9.05. The van der Waals surface area contributed by atoms with E-state index in [0.717, 1.165) is 38.8 Å². The van der Waals surface area contributed by atoms with E-state index in [9.17, 15) is 9.59 Å². The molecule has 4 nitrogen and oxygen atoms in total. The minimum atomic E-state index is -0.0936. The molecule has 150 valence electrons. The minimum absolute atomic E-state index is 0.0852. The molecule has 0 aliphatic heterocycles. The molecule has 1 N–H and O–H groups in total. The zero-order chi connectivity index (χ0) is 20.8. The number of amides is 1. The normalized spacial score (nSPS) is 10.7. The Morgan fingerprint density at radius 3 is 2.41 bits per heavy atom. The van der Waals surface area contributed by atoms with Crippen LogP contribution in [0.1, 0.15) is 39.7 Å². The van der Waals surface area contributed by atoms with Crippen molar-refractivity contribution in [2.24, 2.45) is 0 Å². The van der Waals surface area contributed by atoms with E-state index >= 15 is 0 Å². The van der Waals surface area contributed by atoms with Crippen LogP contribution in [0.3, 0.4) is 0 Å². The Balaban J connectivity index is 1.52. The highest BCUT2D eigenvalue weighted by atomic mass is 32.2. The average Bonchev–Trinajstić information content (AvgIpc) is 3.12. The average molecular weight is 425 g/mol. The third-order valence-corrected chi connectivity index (χ3v) is 6.46. The molecule has 6 heteroatoms. The van der Waals surface area contributed by atoms with Gasteiger partial charge >= 0.3 is 0 Å². The summed E-state index contributed by atoms with van der Waals surface area (Å²) in [5.74, 6) is 0.332. The Morgan fingerprint density at radius 1 is 1.07 bits per heavy atom. The molecule has 0 aliphatic carbocycles. The van der Waals surface area contributed by atoms with Crippen LogP contribution in [0.25, 0.3) is 0 Å². The third-order valence-electron chi connectivity index (χ3n) is 4.39. The van der Waals surface area contributed by atoms with Gasteiger partial charge in [-0.25, -0.2) is 4.98 Å². The van der Waals surface area contributed by atoms with Crippen LogP contribution in [0.2, 0.25) is 0 Å². The zero-order valence-electron chi connectivity index (χ0n) is 16.8. The molecule has 0 spiro atoms. The van der Waals surface area contributed by atoms with Crippen LogP contribution in [0, 0.1) is 13.8 Å². The van der Waals surface area contributed by atoms with Crippen molar-refractivity contribution in [3.05, 3.63) is 75.8 Å². The van der Waals surface area contributed by atoms with Gasteiger partial charge in [-0.15, -0.1) is 11.3 Å². The lowest BCUT2D eigenvalue weighted by Gasteiger charge is -2.06. The highest BCUT2D eigenvalue weighted by Gasteiger charge is 2.12. The monoisotopic (exact) mass is 424 g/mol. The van der Waals surface area contributed by atoms with E-state index < -0.39 is 0 Å². The van der Waals surface area contributed by atoms with Gasteiger partial charge in [0.25, 0.3) is 0 Å². The van der Waals surface area contributed by atoms with Crippen molar-refractivity contribution < 1.29 is 9.59 Å². The Morgan fingerprint density at radius 2 is 1.76 bits per heavy atom. The van der Waals surface area contributed by atoms with Gasteiger partial charge in [0.15, 0.2) is 10.1 Å². The van der Waals surface area contributed by atoms with Crippen LogP contribution in [-0.2, 0) is 17.6 Å². The fourth-order valence-corrected chi connectivity index (χ4v) is 4.73. The lowest BCUT2D eigenvalue weighted by molar-refractivity contribution is -0.115. The molecule has 0 saturated heterocycles. The van der Waals surface area contributed by atoms with Crippen molar-refractivity contribution >= 4 is 40.5 Å². The van der Waals surface area contributed by atoms with Gasteiger partial charge in [0, 0.05) is 16.6 Å². The van der Waals surface area contributed by atoms with Gasteiger partial charge in [0.05, 0.1) is 17.9 Å². The van der Waals surface area contributed by atoms with E-state index in [1.165, 1.54) is 28.7 Å². The molecule has 0 fully saturated rings. The summed E-state index contributed by atoms with van der Waals surface area (Å²) in [5.41, 5.74) is 5.69. The van der Waals surface area contributed by atoms with E-state index in [-0.39, 0.29) is 18.1 Å². The smallest absolute Gasteiger partial charge is 0.230 e. The number of carbonyl (C=O) groups is 2. The van der Waals surface area contributed by atoms with Crippen molar-refractivity contribution in [3.8, 4) is 0 Å². The first kappa shape index (κ1) is 21.3. The van der Waals surface area contributed by atoms with Crippen molar-refractivity contribution in [2.45, 2.75) is 38.0 Å². The molecule has 0 saturated carbocycles. The third kappa shape index (κ3) is 6.27. The first-order valence-electron chi connectivity index (χ1n) is 9.50. The number of thiazole rings is 1. The lowest BCUT2D eigenvalue weighted by Crippen LogP contribution is -2.14. The second kappa shape index (κ2) is 9.85. The van der Waals surface area contributed by atoms with Crippen molar-refractivity contribution in [2.75, 3.05) is 11.1 Å². The number of Topliss-reactive ketones (excluding diaryl/α,β-unsaturated/α-hetero) is 1. The maximum Gasteiger partial charge on any atom is 0.230 e. The quantitative estimate of drug-likeness (QED) is 0.384. The van der Waals surface area contributed by atoms with Crippen LogP contribution in [-0.4, -0.2) is 22.4 Å². The molecule has 1 heterocycles. The first-order chi connectivity index (χ1) is 13.9. The van der Waals surface area contributed by atoms with Crippen LogP contribution in [0.4, 0.5) is 5.69 Å². The molecule has 0 atom stereocenters. The maximum atomic E-state index is 12.4. The number of nitrogens with one attached hydrogen (secondary N) is 1. The standard InChI is InChI=1S/C23H24N2O2S2/c1-4-17-5-7-18(8-6-17)21(26)14-29-23-25-20(13-28-23)12-22(27)24-19-10-15(2)9-16(3)11-19/h5-11,13H,4,12,14H2,1-3H3,(H,24,27). The van der Waals surface area contributed by atoms with Crippen molar-refractivity contribution in [1.29, 1.82) is 0 Å². The summed E-state index contributed by atoms with van der Waals surface area (Å²) in [4.78, 5) is 29.2. The summed E-state index contributed by atoms with van der Waals surface area (Å²) < 4.78 is 0.803. The van der Waals surface area contributed by atoms with Gasteiger partial charge in [0.2, 0.25) is 5.91 Å². The highest BCUT2D eigenvalue weighted by Crippen LogP contribution is 2.24. The number of aryl methyl sites for hydroxylation is 3. The maximum absolute atomic E-state index is 12.4. The lowest BCUT2D eigenvalue weighted by atomic mass is 10.1. The fraction of sp³-hybridized carbons (Fsp3) is 0.261. The molecule has 0 unspecified atom stereocenters. The summed E-state index contributed by atoms with van der Waals surface area (Å²) in [6.45, 7) is 6.10. The SMILES string of the molecule is CCc1ccc(C(=O)CSc2nc(CC(=O)Nc3cc(C)cc(C)c3)cs2)cc1. The molecule has 1 amide bonds. The molecular weight excluding hydrogens is 400 g/mol. The molecule has 29 heavy (non-hydrogen) atoms. The van der Waals surface area contributed by atoms with Gasteiger partial charge in [0.1, 0.15) is 0 Å². The van der Waals surface area contributed by atoms with E-state index in [2.05, 4.69) is 23.3 Å². The van der Waals surface area contributed by atoms with Gasteiger partial charge in [-0.1, -0.05) is 49.0 Å². The highest BCUT2D eigenvalue weighted by molar-refractivity contribution is 8.01. The number of hydrogen-bond acceptors (Lipinski definition) is 5. The summed E-state index contributed by atoms with van der Waals surface area (Å²) in [7, 11) is 0. The molecule has 2 aromatic carbocycles. The van der Waals surface area contributed by atoms with Gasteiger partial charge < -0.3 is 5.32 Å². The van der Waals surface area contributed by atoms with Crippen LogP contribution >= 0.6 is 23.1 Å². The Labute approximate surface area is 179 Å². The number of carbonyl (C=O) groups excluding carboxylic acids is 2. The molecule has 3 rings (SSSR count). The summed E-state index contributed by atoms with van der Waals surface area (Å²) >= 11 is 2.88. The predicted molar refractivity (Wildman–Crippen MR) is 121 cm³/mol. The van der Waals surface area contributed by atoms with E-state index in [0.29, 0.717) is 5.75 Å². The number of ketones is 1. The number of thioether (sulfide) groups is 1. The number of aromatic nitrogens is 1. The Bertz CT molecular complexity index is 990. The van der Waals surface area contributed by atoms with Crippen LogP contribution in [0.15, 0.2) is 52.2 Å². The molecule has 1 aromatic heterocycles. The summed E-state index contributed by atoms with van der Waals surface area (Å²) in [5, 5.41) is 4.81. The van der Waals surface area contributed by atoms with Crippen molar-refractivity contribution in [1.82, 2.24) is 4.98 Å². The minimum Gasteiger partial charge on any atom is -0.326 e. The number of benzene rings is 2. The van der Waals surface area contributed by atoms with Crippen LogP contribution in [0.5, 0.6) is 0 Å². The number of nitrogens with zero attached hydrogens (tertiary/aromatic N) is 1. The van der Waals surface area contributed by atoms with Gasteiger partial charge in [-0.05, 0) is 49.1 Å². The second-order valence-electron chi connectivity index (χ2n) is 6.97. The van der Waals surface area contributed by atoms with Crippen LogP contribution < -0.4 is 5.32 Å². The number of anilines is 1. The predicted octanol–water partition coefficient (Wildman–Crippen LogP) is 5.48. The van der Waals surface area contributed by atoms with E-state index in [1.807, 2.05) is 55.6 Å². The number of hydrogen-bond donors (Lipinski definition) is 1.